The van der Waals surface area contributed by atoms with E-state index < -0.39 is 0 Å². The lowest BCUT2D eigenvalue weighted by atomic mass is 10.1. The first kappa shape index (κ1) is 29.6. The topological polar surface area (TPSA) is 52.6 Å². The third-order valence-electron chi connectivity index (χ3n) is 6.25. The van der Waals surface area contributed by atoms with Crippen molar-refractivity contribution in [3.05, 3.63) is 46.2 Å². The van der Waals surface area contributed by atoms with Crippen molar-refractivity contribution in [1.82, 2.24) is 0 Å². The van der Waals surface area contributed by atoms with Crippen molar-refractivity contribution in [2.45, 2.75) is 104 Å². The van der Waals surface area contributed by atoms with E-state index in [-0.39, 0.29) is 24.1 Å². The lowest BCUT2D eigenvalue weighted by Gasteiger charge is -2.12. The van der Waals surface area contributed by atoms with Crippen molar-refractivity contribution in [3.8, 4) is 19.5 Å². The van der Waals surface area contributed by atoms with Gasteiger partial charge in [-0.25, -0.2) is 9.59 Å². The number of esters is 2. The van der Waals surface area contributed by atoms with Crippen LogP contribution in [-0.4, -0.2) is 24.1 Å². The van der Waals surface area contributed by atoms with Gasteiger partial charge >= 0.3 is 11.9 Å². The van der Waals surface area contributed by atoms with Gasteiger partial charge in [-0.05, 0) is 75.9 Å². The molecule has 0 saturated carbocycles. The summed E-state index contributed by atoms with van der Waals surface area (Å²) in [5, 5.41) is 0. The van der Waals surface area contributed by atoms with Crippen LogP contribution in [0.1, 0.15) is 111 Å². The monoisotopic (exact) mass is 560 g/mol. The van der Waals surface area contributed by atoms with Gasteiger partial charge in [-0.15, -0.1) is 34.0 Å². The number of hydrogen-bond donors (Lipinski definition) is 0. The maximum absolute atomic E-state index is 12.6. The minimum absolute atomic E-state index is 0.0630. The molecule has 0 unspecified atom stereocenters. The van der Waals surface area contributed by atoms with Crippen LogP contribution >= 0.6 is 34.0 Å². The summed E-state index contributed by atoms with van der Waals surface area (Å²) in [4.78, 5) is 30.8. The number of carbonyl (C=O) groups excluding carboxylic acids is 2. The second-order valence-corrected chi connectivity index (χ2v) is 12.9. The molecule has 7 heteroatoms. The van der Waals surface area contributed by atoms with Crippen LogP contribution in [0.2, 0.25) is 0 Å². The van der Waals surface area contributed by atoms with Crippen molar-refractivity contribution in [3.63, 3.8) is 0 Å². The van der Waals surface area contributed by atoms with Crippen LogP contribution in [0.3, 0.4) is 0 Å². The Morgan fingerprint density at radius 1 is 0.595 bits per heavy atom. The molecule has 0 N–H and O–H groups in total. The fourth-order valence-electron chi connectivity index (χ4n) is 4.08. The number of hydrogen-bond acceptors (Lipinski definition) is 7. The number of unbranched alkanes of at least 4 members (excludes halogenated alkanes) is 6. The lowest BCUT2D eigenvalue weighted by molar-refractivity contribution is 0.0315. The Hall–Kier alpha value is -1.96. The van der Waals surface area contributed by atoms with Crippen molar-refractivity contribution in [2.75, 3.05) is 0 Å². The first-order valence-corrected chi connectivity index (χ1v) is 16.1. The number of ether oxygens (including phenoxy) is 2. The van der Waals surface area contributed by atoms with Crippen LogP contribution in [0.4, 0.5) is 0 Å². The van der Waals surface area contributed by atoms with Crippen LogP contribution in [0.5, 0.6) is 0 Å². The van der Waals surface area contributed by atoms with Crippen molar-refractivity contribution in [2.24, 2.45) is 0 Å². The Morgan fingerprint density at radius 2 is 0.973 bits per heavy atom. The van der Waals surface area contributed by atoms with Crippen LogP contribution in [-0.2, 0) is 9.47 Å². The molecule has 202 valence electrons. The molecule has 0 aliphatic rings. The molecule has 3 aromatic heterocycles. The summed E-state index contributed by atoms with van der Waals surface area (Å²) < 4.78 is 11.3. The van der Waals surface area contributed by atoms with Gasteiger partial charge in [0, 0.05) is 19.5 Å². The maximum atomic E-state index is 12.6. The van der Waals surface area contributed by atoms with Crippen molar-refractivity contribution >= 4 is 45.9 Å². The average Bonchev–Trinajstić information content (AvgIpc) is 3.64. The summed E-state index contributed by atoms with van der Waals surface area (Å²) in [6.07, 6.45) is 11.1. The number of rotatable bonds is 16. The Bertz CT molecular complexity index is 1020. The highest BCUT2D eigenvalue weighted by molar-refractivity contribution is 7.27. The number of thiophene rings is 3. The molecular formula is C30H40O4S3. The molecular weight excluding hydrogens is 521 g/mol. The predicted molar refractivity (Wildman–Crippen MR) is 158 cm³/mol. The van der Waals surface area contributed by atoms with Gasteiger partial charge in [0.25, 0.3) is 0 Å². The van der Waals surface area contributed by atoms with E-state index in [4.69, 9.17) is 9.47 Å². The molecule has 3 heterocycles. The van der Waals surface area contributed by atoms with Gasteiger partial charge in [0.15, 0.2) is 0 Å². The van der Waals surface area contributed by atoms with Gasteiger partial charge in [-0.3, -0.25) is 0 Å². The Kier molecular flexibility index (Phi) is 12.4. The molecule has 0 aliphatic carbocycles. The first-order valence-electron chi connectivity index (χ1n) is 13.6. The van der Waals surface area contributed by atoms with E-state index in [9.17, 15) is 9.59 Å². The van der Waals surface area contributed by atoms with E-state index in [1.54, 1.807) is 11.3 Å². The van der Waals surface area contributed by atoms with Gasteiger partial charge in [0.1, 0.15) is 9.75 Å². The third kappa shape index (κ3) is 9.38. The van der Waals surface area contributed by atoms with Gasteiger partial charge in [0.2, 0.25) is 0 Å². The van der Waals surface area contributed by atoms with E-state index in [1.807, 2.05) is 38.1 Å². The van der Waals surface area contributed by atoms with E-state index in [0.717, 1.165) is 45.2 Å². The quantitative estimate of drug-likeness (QED) is 0.129. The van der Waals surface area contributed by atoms with Crippen LogP contribution < -0.4 is 0 Å². The molecule has 4 nitrogen and oxygen atoms in total. The Balaban J connectivity index is 1.54. The van der Waals surface area contributed by atoms with E-state index >= 15 is 0 Å². The van der Waals surface area contributed by atoms with E-state index in [2.05, 4.69) is 26.0 Å². The normalized spacial score (nSPS) is 12.9. The second-order valence-electron chi connectivity index (χ2n) is 9.62. The number of carbonyl (C=O) groups is 2. The first-order chi connectivity index (χ1) is 17.9. The Morgan fingerprint density at radius 3 is 1.38 bits per heavy atom. The minimum Gasteiger partial charge on any atom is -0.458 e. The van der Waals surface area contributed by atoms with Crippen molar-refractivity contribution < 1.29 is 19.1 Å². The zero-order chi connectivity index (χ0) is 26.6. The Labute approximate surface area is 234 Å². The smallest absolute Gasteiger partial charge is 0.348 e. The van der Waals surface area contributed by atoms with E-state index in [1.165, 1.54) is 61.2 Å². The largest absolute Gasteiger partial charge is 0.458 e. The molecule has 0 aromatic carbocycles. The lowest BCUT2D eigenvalue weighted by Crippen LogP contribution is -2.14. The fraction of sp³-hybridized carbons (Fsp3) is 0.533. The summed E-state index contributed by atoms with van der Waals surface area (Å²) in [7, 11) is 0. The van der Waals surface area contributed by atoms with Crippen molar-refractivity contribution in [1.29, 1.82) is 0 Å². The maximum Gasteiger partial charge on any atom is 0.348 e. The summed E-state index contributed by atoms with van der Waals surface area (Å²) >= 11 is 4.60. The van der Waals surface area contributed by atoms with Crippen LogP contribution in [0, 0.1) is 0 Å². The zero-order valence-corrected chi connectivity index (χ0v) is 25.0. The highest BCUT2D eigenvalue weighted by Crippen LogP contribution is 2.40. The molecule has 0 radical (unpaired) electrons. The summed E-state index contributed by atoms with van der Waals surface area (Å²) in [5.74, 6) is -0.478. The molecule has 3 rings (SSSR count). The predicted octanol–water partition coefficient (Wildman–Crippen LogP) is 10.2. The molecule has 0 aliphatic heterocycles. The minimum atomic E-state index is -0.239. The summed E-state index contributed by atoms with van der Waals surface area (Å²) in [6.45, 7) is 8.34. The molecule has 2 atom stereocenters. The highest BCUT2D eigenvalue weighted by atomic mass is 32.1. The van der Waals surface area contributed by atoms with Gasteiger partial charge < -0.3 is 9.47 Å². The molecule has 37 heavy (non-hydrogen) atoms. The standard InChI is InChI=1S/C30H40O4S3/c1-5-7-9-11-13-21(3)33-29(31)27-19-17-25(36-27)23-15-16-24(35-23)26-18-20-28(37-26)30(32)34-22(4)14-12-10-8-6-2/h15-22H,5-14H2,1-4H3/t21-,22-/m0/s1. The highest BCUT2D eigenvalue weighted by Gasteiger charge is 2.18. The molecule has 0 amide bonds. The fourth-order valence-corrected chi connectivity index (χ4v) is 7.04. The summed E-state index contributed by atoms with van der Waals surface area (Å²) in [6, 6.07) is 11.8. The zero-order valence-electron chi connectivity index (χ0n) is 22.5. The summed E-state index contributed by atoms with van der Waals surface area (Å²) in [5.41, 5.74) is 0. The second kappa shape index (κ2) is 15.5. The van der Waals surface area contributed by atoms with Gasteiger partial charge in [-0.2, -0.15) is 0 Å². The molecule has 0 saturated heterocycles. The molecule has 3 aromatic rings. The van der Waals surface area contributed by atoms with E-state index in [0.29, 0.717) is 9.75 Å². The van der Waals surface area contributed by atoms with Gasteiger partial charge in [-0.1, -0.05) is 52.4 Å². The molecule has 0 bridgehead atoms. The molecule has 0 spiro atoms. The SMILES string of the molecule is CCCCCC[C@H](C)OC(=O)c1ccc(-c2ccc(-c3ccc(C(=O)O[C@@H](C)CCCCCC)s3)s2)s1. The molecule has 0 fully saturated rings. The third-order valence-corrected chi connectivity index (χ3v) is 9.86. The van der Waals surface area contributed by atoms with Gasteiger partial charge in [0.05, 0.1) is 12.2 Å². The van der Waals surface area contributed by atoms with Crippen LogP contribution in [0.25, 0.3) is 19.5 Å². The average molecular weight is 561 g/mol. The van der Waals surface area contributed by atoms with Crippen LogP contribution in [0.15, 0.2) is 36.4 Å².